The SMILES string of the molecule is C#C[C@]1(COC(=O)OCCC)O[C@@H](n2cnc3c(NC(=O)CCCCC)nc(F)nc32)C[C@@H]1O. The second-order valence-corrected chi connectivity index (χ2v) is 7.92. The van der Waals surface area contributed by atoms with Crippen molar-refractivity contribution in [1.82, 2.24) is 19.5 Å². The van der Waals surface area contributed by atoms with E-state index in [4.69, 9.17) is 20.6 Å². The zero-order valence-corrected chi connectivity index (χ0v) is 19.1. The normalized spacial score (nSPS) is 21.9. The topological polar surface area (TPSA) is 138 Å². The van der Waals surface area contributed by atoms with Crippen molar-refractivity contribution in [3.63, 3.8) is 0 Å². The van der Waals surface area contributed by atoms with Gasteiger partial charge >= 0.3 is 12.2 Å². The zero-order chi connectivity index (χ0) is 24.7. The smallest absolute Gasteiger partial charge is 0.434 e. The van der Waals surface area contributed by atoms with Gasteiger partial charge in [-0.2, -0.15) is 14.4 Å². The predicted molar refractivity (Wildman–Crippen MR) is 118 cm³/mol. The third kappa shape index (κ3) is 5.60. The first kappa shape index (κ1) is 25.3. The lowest BCUT2D eigenvalue weighted by Gasteiger charge is -2.25. The van der Waals surface area contributed by atoms with Crippen LogP contribution in [0.2, 0.25) is 0 Å². The van der Waals surface area contributed by atoms with Gasteiger partial charge in [0.15, 0.2) is 22.6 Å². The molecule has 2 aromatic rings. The van der Waals surface area contributed by atoms with Crippen molar-refractivity contribution in [2.45, 2.75) is 70.3 Å². The summed E-state index contributed by atoms with van der Waals surface area (Å²) in [5.41, 5.74) is -1.44. The fourth-order valence-corrected chi connectivity index (χ4v) is 3.53. The number of hydrogen-bond donors (Lipinski definition) is 2. The highest BCUT2D eigenvalue weighted by Crippen LogP contribution is 2.38. The molecule has 1 saturated heterocycles. The summed E-state index contributed by atoms with van der Waals surface area (Å²) in [6.45, 7) is 3.58. The van der Waals surface area contributed by atoms with E-state index in [2.05, 4.69) is 26.2 Å². The number of rotatable bonds is 10. The standard InChI is InChI=1S/C22H28FN5O6/c1-4-7-8-9-15(30)25-18-17-19(27-20(23)26-18)28(13-24-17)16-11-14(29)22(6-3,34-16)12-33-21(31)32-10-5-2/h3,13-14,16,29H,4-5,7-12H2,1-2H3,(H,25,26,27,30)/t14-,16+,22+/m0/s1. The van der Waals surface area contributed by atoms with Crippen molar-refractivity contribution in [2.24, 2.45) is 0 Å². The van der Waals surface area contributed by atoms with Crippen LogP contribution in [0.3, 0.4) is 0 Å². The molecule has 0 unspecified atom stereocenters. The number of carbonyl (C=O) groups excluding carboxylic acids is 2. The van der Waals surface area contributed by atoms with Gasteiger partial charge in [0.25, 0.3) is 0 Å². The number of unbranched alkanes of at least 4 members (excludes halogenated alkanes) is 2. The Morgan fingerprint density at radius 1 is 1.35 bits per heavy atom. The molecule has 1 aliphatic heterocycles. The molecule has 12 heteroatoms. The Bertz CT molecular complexity index is 1070. The van der Waals surface area contributed by atoms with Crippen LogP contribution >= 0.6 is 0 Å². The Hall–Kier alpha value is -3.30. The van der Waals surface area contributed by atoms with Crippen molar-refractivity contribution >= 4 is 29.0 Å². The van der Waals surface area contributed by atoms with E-state index in [-0.39, 0.29) is 42.3 Å². The average molecular weight is 477 g/mol. The van der Waals surface area contributed by atoms with E-state index in [1.165, 1.54) is 10.9 Å². The van der Waals surface area contributed by atoms with Gasteiger partial charge in [-0.1, -0.05) is 32.6 Å². The van der Waals surface area contributed by atoms with Crippen molar-refractivity contribution in [3.05, 3.63) is 12.4 Å². The summed E-state index contributed by atoms with van der Waals surface area (Å²) in [4.78, 5) is 35.5. The maximum absolute atomic E-state index is 14.2. The number of aliphatic hydroxyl groups is 1. The van der Waals surface area contributed by atoms with Crippen molar-refractivity contribution in [2.75, 3.05) is 18.5 Å². The van der Waals surface area contributed by atoms with Crippen LogP contribution in [0, 0.1) is 18.4 Å². The summed E-state index contributed by atoms with van der Waals surface area (Å²) in [6, 6.07) is 0. The van der Waals surface area contributed by atoms with Crippen LogP contribution in [0.15, 0.2) is 6.33 Å². The molecule has 3 atom stereocenters. The molecular weight excluding hydrogens is 449 g/mol. The van der Waals surface area contributed by atoms with Crippen LogP contribution in [0.4, 0.5) is 15.0 Å². The minimum atomic E-state index is -1.64. The summed E-state index contributed by atoms with van der Waals surface area (Å²) in [5, 5.41) is 13.2. The van der Waals surface area contributed by atoms with E-state index >= 15 is 0 Å². The number of amides is 1. The number of anilines is 1. The molecule has 0 aromatic carbocycles. The first-order valence-corrected chi connectivity index (χ1v) is 11.2. The maximum Gasteiger partial charge on any atom is 0.508 e. The summed E-state index contributed by atoms with van der Waals surface area (Å²) < 4.78 is 31.3. The summed E-state index contributed by atoms with van der Waals surface area (Å²) >= 11 is 0. The quantitative estimate of drug-likeness (QED) is 0.229. The second-order valence-electron chi connectivity index (χ2n) is 7.92. The lowest BCUT2D eigenvalue weighted by Crippen LogP contribution is -2.43. The number of imidazole rings is 1. The number of halogens is 1. The van der Waals surface area contributed by atoms with Gasteiger partial charge in [-0.05, 0) is 12.8 Å². The molecule has 2 N–H and O–H groups in total. The molecular formula is C22H28FN5O6. The van der Waals surface area contributed by atoms with E-state index in [1.54, 1.807) is 0 Å². The lowest BCUT2D eigenvalue weighted by atomic mass is 9.99. The van der Waals surface area contributed by atoms with Gasteiger partial charge in [-0.3, -0.25) is 9.36 Å². The largest absolute Gasteiger partial charge is 0.508 e. The summed E-state index contributed by atoms with van der Waals surface area (Å²) in [5.74, 6) is 1.97. The summed E-state index contributed by atoms with van der Waals surface area (Å²) in [6.07, 6.45) is 6.26. The van der Waals surface area contributed by atoms with Gasteiger partial charge in [0.2, 0.25) is 5.91 Å². The number of fused-ring (bicyclic) bond motifs is 1. The molecule has 34 heavy (non-hydrogen) atoms. The average Bonchev–Trinajstić information content (AvgIpc) is 3.37. The van der Waals surface area contributed by atoms with Crippen LogP contribution < -0.4 is 5.32 Å². The Kier molecular flexibility index (Phi) is 8.36. The molecule has 0 aliphatic carbocycles. The van der Waals surface area contributed by atoms with Crippen LogP contribution in [-0.4, -0.2) is 61.6 Å². The predicted octanol–water partition coefficient (Wildman–Crippen LogP) is 2.70. The Morgan fingerprint density at radius 3 is 2.85 bits per heavy atom. The second kappa shape index (κ2) is 11.2. The minimum Gasteiger partial charge on any atom is -0.434 e. The molecule has 1 amide bonds. The van der Waals surface area contributed by atoms with Gasteiger partial charge in [-0.15, -0.1) is 6.42 Å². The molecule has 11 nitrogen and oxygen atoms in total. The van der Waals surface area contributed by atoms with E-state index in [9.17, 15) is 19.1 Å². The van der Waals surface area contributed by atoms with Crippen LogP contribution in [0.1, 0.15) is 58.6 Å². The van der Waals surface area contributed by atoms with Crippen LogP contribution in [0.25, 0.3) is 11.2 Å². The Morgan fingerprint density at radius 2 is 2.15 bits per heavy atom. The lowest BCUT2D eigenvalue weighted by molar-refractivity contribution is -0.116. The fraction of sp³-hybridized carbons (Fsp3) is 0.591. The van der Waals surface area contributed by atoms with Crippen molar-refractivity contribution < 1.29 is 33.3 Å². The maximum atomic E-state index is 14.2. The molecule has 2 aromatic heterocycles. The van der Waals surface area contributed by atoms with E-state index in [0.29, 0.717) is 12.8 Å². The first-order chi connectivity index (χ1) is 16.3. The van der Waals surface area contributed by atoms with E-state index in [1.807, 2.05) is 13.8 Å². The number of hydrogen-bond acceptors (Lipinski definition) is 9. The number of aliphatic hydroxyl groups excluding tert-OH is 1. The molecule has 3 rings (SSSR count). The monoisotopic (exact) mass is 477 g/mol. The van der Waals surface area contributed by atoms with Gasteiger partial charge in [-0.25, -0.2) is 9.78 Å². The van der Waals surface area contributed by atoms with Gasteiger partial charge < -0.3 is 24.6 Å². The molecule has 184 valence electrons. The van der Waals surface area contributed by atoms with Gasteiger partial charge in [0.1, 0.15) is 18.9 Å². The van der Waals surface area contributed by atoms with E-state index in [0.717, 1.165) is 12.8 Å². The third-order valence-corrected chi connectivity index (χ3v) is 5.35. The number of terminal acetylenes is 1. The Labute approximate surface area is 196 Å². The third-order valence-electron chi connectivity index (χ3n) is 5.35. The Balaban J connectivity index is 1.79. The highest BCUT2D eigenvalue weighted by atomic mass is 19.1. The molecule has 0 saturated carbocycles. The van der Waals surface area contributed by atoms with Crippen LogP contribution in [0.5, 0.6) is 0 Å². The van der Waals surface area contributed by atoms with Gasteiger partial charge in [0, 0.05) is 12.8 Å². The number of nitrogens with zero attached hydrogens (tertiary/aromatic N) is 4. The molecule has 0 radical (unpaired) electrons. The number of aromatic nitrogens is 4. The van der Waals surface area contributed by atoms with Crippen LogP contribution in [-0.2, 0) is 19.0 Å². The van der Waals surface area contributed by atoms with E-state index < -0.39 is 36.8 Å². The fourth-order valence-electron chi connectivity index (χ4n) is 3.53. The highest BCUT2D eigenvalue weighted by molar-refractivity contribution is 5.96. The van der Waals surface area contributed by atoms with Gasteiger partial charge in [0.05, 0.1) is 12.9 Å². The highest BCUT2D eigenvalue weighted by Gasteiger charge is 2.49. The van der Waals surface area contributed by atoms with Crippen molar-refractivity contribution in [3.8, 4) is 12.3 Å². The molecule has 0 bridgehead atoms. The number of carbonyl (C=O) groups is 2. The minimum absolute atomic E-state index is 0.00659. The first-order valence-electron chi connectivity index (χ1n) is 11.2. The number of nitrogens with one attached hydrogen (secondary N) is 1. The molecule has 0 spiro atoms. The summed E-state index contributed by atoms with van der Waals surface area (Å²) in [7, 11) is 0. The molecule has 1 aliphatic rings. The molecule has 1 fully saturated rings. The zero-order valence-electron chi connectivity index (χ0n) is 19.1. The number of ether oxygens (including phenoxy) is 3. The van der Waals surface area contributed by atoms with Crippen molar-refractivity contribution in [1.29, 1.82) is 0 Å². The molecule has 3 heterocycles.